The number of nitrogen functional groups attached to an aromatic ring is 1. The Morgan fingerprint density at radius 3 is 2.69 bits per heavy atom. The molecular formula is C9H8N2O2. The van der Waals surface area contributed by atoms with Gasteiger partial charge in [-0.3, -0.25) is 0 Å². The Kier molecular flexibility index (Phi) is 2.20. The van der Waals surface area contributed by atoms with E-state index >= 15 is 0 Å². The predicted molar refractivity (Wildman–Crippen MR) is 47.3 cm³/mol. The normalized spacial score (nSPS) is 9.23. The molecule has 0 aromatic heterocycles. The third-order valence-corrected chi connectivity index (χ3v) is 1.68. The predicted octanol–water partition coefficient (Wildman–Crippen LogP) is 1.15. The number of carboxylic acid groups (broad SMARTS) is 1. The first kappa shape index (κ1) is 9.07. The Balaban J connectivity index is 3.47. The molecule has 13 heavy (non-hydrogen) atoms. The molecule has 0 fully saturated rings. The largest absolute Gasteiger partial charge is 0.478 e. The van der Waals surface area contributed by atoms with Gasteiger partial charge in [0.1, 0.15) is 6.07 Å². The van der Waals surface area contributed by atoms with Crippen LogP contribution in [-0.2, 0) is 0 Å². The molecule has 0 unspecified atom stereocenters. The minimum atomic E-state index is -1.11. The van der Waals surface area contributed by atoms with E-state index < -0.39 is 5.97 Å². The summed E-state index contributed by atoms with van der Waals surface area (Å²) in [7, 11) is 0. The molecule has 0 heterocycles. The van der Waals surface area contributed by atoms with Gasteiger partial charge in [0, 0.05) is 0 Å². The van der Waals surface area contributed by atoms with E-state index in [2.05, 4.69) is 0 Å². The lowest BCUT2D eigenvalue weighted by atomic mass is 10.0. The summed E-state index contributed by atoms with van der Waals surface area (Å²) in [6, 6.07) is 4.84. The molecule has 0 radical (unpaired) electrons. The third kappa shape index (κ3) is 1.59. The maximum absolute atomic E-state index is 10.7. The van der Waals surface area contributed by atoms with E-state index in [-0.39, 0.29) is 16.8 Å². The topological polar surface area (TPSA) is 87.1 Å². The van der Waals surface area contributed by atoms with Crippen LogP contribution in [0.25, 0.3) is 0 Å². The summed E-state index contributed by atoms with van der Waals surface area (Å²) in [6.45, 7) is 1.72. The van der Waals surface area contributed by atoms with Gasteiger partial charge in [0.05, 0.1) is 16.8 Å². The fourth-order valence-corrected chi connectivity index (χ4v) is 1.07. The lowest BCUT2D eigenvalue weighted by molar-refractivity contribution is 0.0698. The molecule has 0 saturated heterocycles. The fourth-order valence-electron chi connectivity index (χ4n) is 1.07. The van der Waals surface area contributed by atoms with Crippen molar-refractivity contribution in [2.24, 2.45) is 0 Å². The minimum Gasteiger partial charge on any atom is -0.478 e. The molecule has 4 nitrogen and oxygen atoms in total. The SMILES string of the molecule is Cc1cc(C#N)c(N)c(C(=O)O)c1. The standard InChI is InChI=1S/C9H8N2O2/c1-5-2-6(4-10)8(11)7(3-5)9(12)13/h2-3H,11H2,1H3,(H,12,13). The van der Waals surface area contributed by atoms with Crippen molar-refractivity contribution in [2.75, 3.05) is 5.73 Å². The highest BCUT2D eigenvalue weighted by Crippen LogP contribution is 2.19. The van der Waals surface area contributed by atoms with Gasteiger partial charge in [-0.1, -0.05) is 0 Å². The second-order valence-corrected chi connectivity index (χ2v) is 2.69. The third-order valence-electron chi connectivity index (χ3n) is 1.68. The van der Waals surface area contributed by atoms with Crippen LogP contribution in [0.3, 0.4) is 0 Å². The molecule has 0 atom stereocenters. The molecule has 1 aromatic rings. The van der Waals surface area contributed by atoms with E-state index in [1.165, 1.54) is 6.07 Å². The number of aryl methyl sites for hydroxylation is 1. The van der Waals surface area contributed by atoms with Gasteiger partial charge < -0.3 is 10.8 Å². The summed E-state index contributed by atoms with van der Waals surface area (Å²) >= 11 is 0. The van der Waals surface area contributed by atoms with E-state index in [0.717, 1.165) is 0 Å². The molecular weight excluding hydrogens is 168 g/mol. The van der Waals surface area contributed by atoms with Crippen LogP contribution in [0.15, 0.2) is 12.1 Å². The number of rotatable bonds is 1. The van der Waals surface area contributed by atoms with Crippen LogP contribution < -0.4 is 5.73 Å². The van der Waals surface area contributed by atoms with Crippen LogP contribution in [-0.4, -0.2) is 11.1 Å². The van der Waals surface area contributed by atoms with Crippen molar-refractivity contribution in [1.29, 1.82) is 5.26 Å². The molecule has 4 heteroatoms. The summed E-state index contributed by atoms with van der Waals surface area (Å²) in [4.78, 5) is 10.7. The molecule has 1 aromatic carbocycles. The van der Waals surface area contributed by atoms with Gasteiger partial charge in [-0.05, 0) is 24.6 Å². The molecule has 0 spiro atoms. The van der Waals surface area contributed by atoms with E-state index in [1.807, 2.05) is 6.07 Å². The summed E-state index contributed by atoms with van der Waals surface area (Å²) in [5.41, 5.74) is 6.39. The minimum absolute atomic E-state index is 0.0171. The second-order valence-electron chi connectivity index (χ2n) is 2.69. The summed E-state index contributed by atoms with van der Waals surface area (Å²) < 4.78 is 0. The number of hydrogen-bond donors (Lipinski definition) is 2. The second kappa shape index (κ2) is 3.15. The number of nitrogens with two attached hydrogens (primary N) is 1. The first-order chi connectivity index (χ1) is 6.06. The number of nitriles is 1. The Morgan fingerprint density at radius 1 is 1.62 bits per heavy atom. The fraction of sp³-hybridized carbons (Fsp3) is 0.111. The summed E-state index contributed by atoms with van der Waals surface area (Å²) in [5, 5.41) is 17.3. The van der Waals surface area contributed by atoms with Gasteiger partial charge in [-0.2, -0.15) is 5.26 Å². The Labute approximate surface area is 75.2 Å². The zero-order valence-corrected chi connectivity index (χ0v) is 7.03. The van der Waals surface area contributed by atoms with Crippen LogP contribution in [0.5, 0.6) is 0 Å². The smallest absolute Gasteiger partial charge is 0.337 e. The Morgan fingerprint density at radius 2 is 2.23 bits per heavy atom. The van der Waals surface area contributed by atoms with Gasteiger partial charge in [-0.15, -0.1) is 0 Å². The van der Waals surface area contributed by atoms with E-state index in [1.54, 1.807) is 13.0 Å². The zero-order valence-electron chi connectivity index (χ0n) is 7.03. The lowest BCUT2D eigenvalue weighted by Gasteiger charge is -2.03. The van der Waals surface area contributed by atoms with Crippen LogP contribution in [0.1, 0.15) is 21.5 Å². The quantitative estimate of drug-likeness (QED) is 0.628. The highest BCUT2D eigenvalue weighted by molar-refractivity contribution is 5.95. The molecule has 66 valence electrons. The van der Waals surface area contributed by atoms with Crippen molar-refractivity contribution in [3.63, 3.8) is 0 Å². The molecule has 0 aliphatic heterocycles. The van der Waals surface area contributed by atoms with E-state index in [9.17, 15) is 4.79 Å². The van der Waals surface area contributed by atoms with E-state index in [4.69, 9.17) is 16.1 Å². The number of anilines is 1. The van der Waals surface area contributed by atoms with Crippen molar-refractivity contribution in [3.8, 4) is 6.07 Å². The first-order valence-electron chi connectivity index (χ1n) is 3.59. The van der Waals surface area contributed by atoms with Gasteiger partial charge in [0.25, 0.3) is 0 Å². The van der Waals surface area contributed by atoms with Crippen molar-refractivity contribution in [2.45, 2.75) is 6.92 Å². The average Bonchev–Trinajstić information content (AvgIpc) is 2.08. The summed E-state index contributed by atoms with van der Waals surface area (Å²) in [6.07, 6.45) is 0. The number of carboxylic acids is 1. The van der Waals surface area contributed by atoms with Crippen molar-refractivity contribution < 1.29 is 9.90 Å². The zero-order chi connectivity index (χ0) is 10.0. The Bertz CT molecular complexity index is 405. The van der Waals surface area contributed by atoms with Crippen molar-refractivity contribution in [1.82, 2.24) is 0 Å². The van der Waals surface area contributed by atoms with Gasteiger partial charge >= 0.3 is 5.97 Å². The molecule has 0 aliphatic rings. The summed E-state index contributed by atoms with van der Waals surface area (Å²) in [5.74, 6) is -1.11. The van der Waals surface area contributed by atoms with Crippen LogP contribution in [0, 0.1) is 18.3 Å². The Hall–Kier alpha value is -2.02. The molecule has 0 saturated carbocycles. The molecule has 0 aliphatic carbocycles. The van der Waals surface area contributed by atoms with Crippen molar-refractivity contribution in [3.05, 3.63) is 28.8 Å². The van der Waals surface area contributed by atoms with Crippen molar-refractivity contribution >= 4 is 11.7 Å². The highest BCUT2D eigenvalue weighted by Gasteiger charge is 2.11. The number of aromatic carboxylic acids is 1. The van der Waals surface area contributed by atoms with Gasteiger partial charge in [0.2, 0.25) is 0 Å². The monoisotopic (exact) mass is 176 g/mol. The molecule has 3 N–H and O–H groups in total. The van der Waals surface area contributed by atoms with Crippen LogP contribution in [0.4, 0.5) is 5.69 Å². The van der Waals surface area contributed by atoms with Crippen LogP contribution in [0.2, 0.25) is 0 Å². The maximum atomic E-state index is 10.7. The lowest BCUT2D eigenvalue weighted by Crippen LogP contribution is -2.04. The molecule has 0 amide bonds. The number of benzene rings is 1. The molecule has 1 rings (SSSR count). The first-order valence-corrected chi connectivity index (χ1v) is 3.59. The number of hydrogen-bond acceptors (Lipinski definition) is 3. The maximum Gasteiger partial charge on any atom is 0.337 e. The number of nitrogens with zero attached hydrogens (tertiary/aromatic N) is 1. The van der Waals surface area contributed by atoms with Crippen LogP contribution >= 0.6 is 0 Å². The van der Waals surface area contributed by atoms with Gasteiger partial charge in [-0.25, -0.2) is 4.79 Å². The average molecular weight is 176 g/mol. The van der Waals surface area contributed by atoms with E-state index in [0.29, 0.717) is 5.56 Å². The van der Waals surface area contributed by atoms with Gasteiger partial charge in [0.15, 0.2) is 0 Å². The number of carbonyl (C=O) groups is 1. The molecule has 0 bridgehead atoms. The highest BCUT2D eigenvalue weighted by atomic mass is 16.4.